The molecule has 0 saturated carbocycles. The summed E-state index contributed by atoms with van der Waals surface area (Å²) in [5.74, 6) is 0.593. The van der Waals surface area contributed by atoms with Gasteiger partial charge in [-0.25, -0.2) is 0 Å². The molecule has 2 heterocycles. The lowest BCUT2D eigenvalue weighted by molar-refractivity contribution is -0.139. The molecule has 0 aromatic heterocycles. The molecule has 0 spiro atoms. The van der Waals surface area contributed by atoms with E-state index in [0.29, 0.717) is 41.2 Å². The molecule has 0 N–H and O–H groups in total. The largest absolute Gasteiger partial charge is 0.486 e. The normalized spacial score (nSPS) is 18.7. The average Bonchev–Trinajstić information content (AvgIpc) is 3.05. The zero-order chi connectivity index (χ0) is 18.1. The van der Waals surface area contributed by atoms with E-state index in [0.717, 1.165) is 0 Å². The number of amides is 1. The second kappa shape index (κ2) is 6.88. The Morgan fingerprint density at radius 2 is 1.81 bits per heavy atom. The molecule has 4 rings (SSSR count). The van der Waals surface area contributed by atoms with Crippen LogP contribution in [0.15, 0.2) is 42.5 Å². The molecule has 1 atom stereocenters. The summed E-state index contributed by atoms with van der Waals surface area (Å²) in [5, 5.41) is 0.561. The van der Waals surface area contributed by atoms with Gasteiger partial charge in [0.1, 0.15) is 19.0 Å². The highest BCUT2D eigenvalue weighted by Gasteiger charge is 2.36. The quantitative estimate of drug-likeness (QED) is 0.611. The number of ether oxygens (including phenoxy) is 3. The van der Waals surface area contributed by atoms with Gasteiger partial charge in [0.25, 0.3) is 0 Å². The van der Waals surface area contributed by atoms with Crippen LogP contribution >= 0.6 is 11.6 Å². The van der Waals surface area contributed by atoms with Crippen molar-refractivity contribution in [3.63, 3.8) is 0 Å². The third-order valence-electron chi connectivity index (χ3n) is 4.33. The maximum atomic E-state index is 12.4. The van der Waals surface area contributed by atoms with Gasteiger partial charge < -0.3 is 19.1 Å². The maximum Gasteiger partial charge on any atom is 0.316 e. The minimum atomic E-state index is -0.522. The molecular formula is C19H16ClNO5. The first-order chi connectivity index (χ1) is 12.6. The molecule has 6 nitrogen and oxygen atoms in total. The minimum absolute atomic E-state index is 0.112. The minimum Gasteiger partial charge on any atom is -0.486 e. The highest BCUT2D eigenvalue weighted by atomic mass is 35.5. The lowest BCUT2D eigenvalue weighted by Crippen LogP contribution is -2.27. The molecule has 1 saturated heterocycles. The summed E-state index contributed by atoms with van der Waals surface area (Å²) in [5.41, 5.74) is 0.682. The second-order valence-corrected chi connectivity index (χ2v) is 6.54. The van der Waals surface area contributed by atoms with E-state index in [2.05, 4.69) is 0 Å². The molecule has 0 aliphatic carbocycles. The van der Waals surface area contributed by atoms with Gasteiger partial charge >= 0.3 is 5.97 Å². The number of carbonyl (C=O) groups excluding carboxylic acids is 2. The first-order valence-corrected chi connectivity index (χ1v) is 8.65. The van der Waals surface area contributed by atoms with E-state index in [1.54, 1.807) is 47.4 Å². The van der Waals surface area contributed by atoms with Crippen molar-refractivity contribution in [2.75, 3.05) is 24.7 Å². The van der Waals surface area contributed by atoms with Gasteiger partial charge in [0.2, 0.25) is 5.91 Å². The van der Waals surface area contributed by atoms with E-state index in [4.69, 9.17) is 25.8 Å². The molecule has 7 heteroatoms. The van der Waals surface area contributed by atoms with Crippen LogP contribution in [0.4, 0.5) is 5.69 Å². The first-order valence-electron chi connectivity index (χ1n) is 8.27. The molecule has 1 fully saturated rings. The number of hydrogen-bond acceptors (Lipinski definition) is 5. The van der Waals surface area contributed by atoms with Crippen molar-refractivity contribution in [1.29, 1.82) is 0 Å². The topological polar surface area (TPSA) is 65.1 Å². The summed E-state index contributed by atoms with van der Waals surface area (Å²) in [7, 11) is 0. The van der Waals surface area contributed by atoms with Crippen LogP contribution in [0.5, 0.6) is 17.2 Å². The van der Waals surface area contributed by atoms with E-state index < -0.39 is 11.9 Å². The van der Waals surface area contributed by atoms with Gasteiger partial charge in [0.15, 0.2) is 11.5 Å². The summed E-state index contributed by atoms with van der Waals surface area (Å²) in [6.45, 7) is 1.25. The zero-order valence-corrected chi connectivity index (χ0v) is 14.6. The number of carbonyl (C=O) groups is 2. The fourth-order valence-corrected chi connectivity index (χ4v) is 3.14. The fourth-order valence-electron chi connectivity index (χ4n) is 3.02. The van der Waals surface area contributed by atoms with E-state index in [9.17, 15) is 9.59 Å². The predicted molar refractivity (Wildman–Crippen MR) is 95.0 cm³/mol. The fraction of sp³-hybridized carbons (Fsp3) is 0.263. The SMILES string of the molecule is O=C(Oc1ccc(Cl)cc1)[C@H]1CC(=O)N(c2ccc3c(c2)OCCO3)C1. The Hall–Kier alpha value is -2.73. The molecule has 0 unspecified atom stereocenters. The van der Waals surface area contributed by atoms with Crippen LogP contribution in [0, 0.1) is 5.92 Å². The number of rotatable bonds is 3. The van der Waals surface area contributed by atoms with Crippen molar-refractivity contribution in [3.05, 3.63) is 47.5 Å². The Morgan fingerprint density at radius 3 is 2.58 bits per heavy atom. The van der Waals surface area contributed by atoms with Crippen molar-refractivity contribution in [2.24, 2.45) is 5.92 Å². The smallest absolute Gasteiger partial charge is 0.316 e. The van der Waals surface area contributed by atoms with Crippen molar-refractivity contribution in [2.45, 2.75) is 6.42 Å². The van der Waals surface area contributed by atoms with Gasteiger partial charge in [-0.15, -0.1) is 0 Å². The van der Waals surface area contributed by atoms with Crippen LogP contribution in [-0.4, -0.2) is 31.6 Å². The van der Waals surface area contributed by atoms with Gasteiger partial charge in [-0.2, -0.15) is 0 Å². The summed E-state index contributed by atoms with van der Waals surface area (Å²) in [4.78, 5) is 26.3. The number of hydrogen-bond donors (Lipinski definition) is 0. The van der Waals surface area contributed by atoms with E-state index in [1.807, 2.05) is 0 Å². The summed E-state index contributed by atoms with van der Waals surface area (Å²) >= 11 is 5.82. The molecular weight excluding hydrogens is 358 g/mol. The van der Waals surface area contributed by atoms with Gasteiger partial charge in [-0.1, -0.05) is 11.6 Å². The van der Waals surface area contributed by atoms with Crippen molar-refractivity contribution < 1.29 is 23.8 Å². The average molecular weight is 374 g/mol. The molecule has 2 aliphatic heterocycles. The first kappa shape index (κ1) is 16.7. The highest BCUT2D eigenvalue weighted by Crippen LogP contribution is 2.36. The standard InChI is InChI=1S/C19H16ClNO5/c20-13-1-4-15(5-2-13)26-19(23)12-9-18(22)21(11-12)14-3-6-16-17(10-14)25-8-7-24-16/h1-6,10,12H,7-9,11H2/t12-/m0/s1. The molecule has 2 aromatic rings. The molecule has 134 valence electrons. The van der Waals surface area contributed by atoms with Crippen molar-refractivity contribution in [1.82, 2.24) is 0 Å². The molecule has 0 bridgehead atoms. The molecule has 0 radical (unpaired) electrons. The van der Waals surface area contributed by atoms with Crippen LogP contribution in [0.1, 0.15) is 6.42 Å². The number of esters is 1. The number of benzene rings is 2. The highest BCUT2D eigenvalue weighted by molar-refractivity contribution is 6.30. The third-order valence-corrected chi connectivity index (χ3v) is 4.58. The van der Waals surface area contributed by atoms with Crippen LogP contribution in [0.2, 0.25) is 5.02 Å². The molecule has 2 aliphatic rings. The lowest BCUT2D eigenvalue weighted by Gasteiger charge is -2.22. The van der Waals surface area contributed by atoms with E-state index >= 15 is 0 Å². The van der Waals surface area contributed by atoms with Crippen LogP contribution in [0.25, 0.3) is 0 Å². The second-order valence-electron chi connectivity index (χ2n) is 6.11. The van der Waals surface area contributed by atoms with Gasteiger partial charge in [0.05, 0.1) is 5.92 Å². The summed E-state index contributed by atoms with van der Waals surface area (Å²) in [6, 6.07) is 11.9. The molecule has 26 heavy (non-hydrogen) atoms. The monoisotopic (exact) mass is 373 g/mol. The Bertz CT molecular complexity index is 852. The predicted octanol–water partition coefficient (Wildman–Crippen LogP) is 3.07. The van der Waals surface area contributed by atoms with Crippen LogP contribution < -0.4 is 19.1 Å². The van der Waals surface area contributed by atoms with Crippen molar-refractivity contribution in [3.8, 4) is 17.2 Å². The van der Waals surface area contributed by atoms with E-state index in [-0.39, 0.29) is 18.9 Å². The maximum absolute atomic E-state index is 12.4. The Morgan fingerprint density at radius 1 is 1.08 bits per heavy atom. The zero-order valence-electron chi connectivity index (χ0n) is 13.8. The summed E-state index contributed by atoms with van der Waals surface area (Å²) < 4.78 is 16.4. The lowest BCUT2D eigenvalue weighted by atomic mass is 10.1. The van der Waals surface area contributed by atoms with E-state index in [1.165, 1.54) is 0 Å². The third kappa shape index (κ3) is 3.32. The molecule has 1 amide bonds. The number of nitrogens with zero attached hydrogens (tertiary/aromatic N) is 1. The molecule has 2 aromatic carbocycles. The summed E-state index contributed by atoms with van der Waals surface area (Å²) in [6.07, 6.45) is 0.112. The van der Waals surface area contributed by atoms with Gasteiger partial charge in [0, 0.05) is 29.7 Å². The Labute approximate surface area is 155 Å². The number of anilines is 1. The van der Waals surface area contributed by atoms with Crippen LogP contribution in [-0.2, 0) is 9.59 Å². The van der Waals surface area contributed by atoms with Crippen LogP contribution in [0.3, 0.4) is 0 Å². The Kier molecular flexibility index (Phi) is 4.42. The Balaban J connectivity index is 1.46. The van der Waals surface area contributed by atoms with Gasteiger partial charge in [-0.05, 0) is 36.4 Å². The van der Waals surface area contributed by atoms with Gasteiger partial charge in [-0.3, -0.25) is 9.59 Å². The number of halogens is 1. The van der Waals surface area contributed by atoms with Crippen molar-refractivity contribution >= 4 is 29.2 Å². The number of fused-ring (bicyclic) bond motifs is 1.